The van der Waals surface area contributed by atoms with Crippen LogP contribution in [0.2, 0.25) is 0 Å². The molecule has 3 aromatic rings. The third-order valence-corrected chi connectivity index (χ3v) is 6.07. The van der Waals surface area contributed by atoms with Gasteiger partial charge in [0.2, 0.25) is 0 Å². The molecule has 1 heterocycles. The Morgan fingerprint density at radius 3 is 1.76 bits per heavy atom. The molecule has 1 N–H and O–H groups in total. The Morgan fingerprint density at radius 2 is 1.28 bits per heavy atom. The van der Waals surface area contributed by atoms with Crippen LogP contribution in [-0.2, 0) is 0 Å². The molecule has 0 spiro atoms. The molecule has 0 bridgehead atoms. The lowest BCUT2D eigenvalue weighted by Crippen LogP contribution is -2.38. The minimum atomic E-state index is -0.421. The van der Waals surface area contributed by atoms with Crippen LogP contribution in [-0.4, -0.2) is 30.2 Å². The van der Waals surface area contributed by atoms with Crippen molar-refractivity contribution in [3.63, 3.8) is 0 Å². The molecule has 0 saturated carbocycles. The lowest BCUT2D eigenvalue weighted by molar-refractivity contribution is 0.0501. The molecule has 29 heavy (non-hydrogen) atoms. The Hall–Kier alpha value is -2.62. The van der Waals surface area contributed by atoms with E-state index in [4.69, 9.17) is 4.74 Å². The summed E-state index contributed by atoms with van der Waals surface area (Å²) in [7, 11) is 1.66. The number of hydrogen-bond acceptors (Lipinski definition) is 3. The van der Waals surface area contributed by atoms with Gasteiger partial charge in [-0.15, -0.1) is 0 Å². The summed E-state index contributed by atoms with van der Waals surface area (Å²) in [6.07, 6.45) is 1.56. The summed E-state index contributed by atoms with van der Waals surface area (Å²) in [5.74, 6) is 1.11. The number of aliphatic hydroxyl groups is 1. The molecule has 150 valence electrons. The highest BCUT2D eigenvalue weighted by Crippen LogP contribution is 2.36. The molecule has 1 aliphatic rings. The standard InChI is InChI=1S/C26H29NO2/c1-29-24-14-12-22(13-15-24)26(28)23-16-18-27(19-17-23)25(20-8-4-2-5-9-20)21-10-6-3-7-11-21/h2-15,23,25-26,28H,16-19H2,1H3. The molecular formula is C26H29NO2. The highest BCUT2D eigenvalue weighted by molar-refractivity contribution is 5.32. The van der Waals surface area contributed by atoms with Crippen LogP contribution in [0.25, 0.3) is 0 Å². The van der Waals surface area contributed by atoms with Gasteiger partial charge in [-0.3, -0.25) is 4.90 Å². The van der Waals surface area contributed by atoms with Crippen molar-refractivity contribution in [2.75, 3.05) is 20.2 Å². The van der Waals surface area contributed by atoms with Gasteiger partial charge in [-0.1, -0.05) is 72.8 Å². The molecule has 0 aromatic heterocycles. The zero-order valence-electron chi connectivity index (χ0n) is 16.9. The van der Waals surface area contributed by atoms with Crippen molar-refractivity contribution in [2.24, 2.45) is 5.92 Å². The maximum atomic E-state index is 10.9. The van der Waals surface area contributed by atoms with Crippen LogP contribution in [0.5, 0.6) is 5.75 Å². The minimum absolute atomic E-state index is 0.261. The number of benzene rings is 3. The summed E-state index contributed by atoms with van der Waals surface area (Å²) in [6.45, 7) is 1.96. The number of piperidine rings is 1. The van der Waals surface area contributed by atoms with E-state index in [2.05, 4.69) is 65.6 Å². The zero-order valence-corrected chi connectivity index (χ0v) is 16.9. The molecule has 1 fully saturated rings. The van der Waals surface area contributed by atoms with Crippen LogP contribution < -0.4 is 4.74 Å². The van der Waals surface area contributed by atoms with Gasteiger partial charge in [0, 0.05) is 0 Å². The van der Waals surface area contributed by atoms with Gasteiger partial charge in [-0.2, -0.15) is 0 Å². The van der Waals surface area contributed by atoms with Gasteiger partial charge in [0.05, 0.1) is 19.3 Å². The molecule has 3 aromatic carbocycles. The van der Waals surface area contributed by atoms with E-state index < -0.39 is 6.10 Å². The molecule has 1 unspecified atom stereocenters. The summed E-state index contributed by atoms with van der Waals surface area (Å²) in [5, 5.41) is 10.9. The summed E-state index contributed by atoms with van der Waals surface area (Å²) in [6, 6.07) is 29.6. The minimum Gasteiger partial charge on any atom is -0.497 e. The van der Waals surface area contributed by atoms with Crippen molar-refractivity contribution < 1.29 is 9.84 Å². The van der Waals surface area contributed by atoms with Crippen molar-refractivity contribution in [2.45, 2.75) is 25.0 Å². The normalized spacial score (nSPS) is 16.7. The summed E-state index contributed by atoms with van der Waals surface area (Å²) >= 11 is 0. The molecule has 3 heteroatoms. The number of likely N-dealkylation sites (tertiary alicyclic amines) is 1. The lowest BCUT2D eigenvalue weighted by Gasteiger charge is -2.39. The maximum Gasteiger partial charge on any atom is 0.118 e. The van der Waals surface area contributed by atoms with E-state index in [-0.39, 0.29) is 12.0 Å². The highest BCUT2D eigenvalue weighted by atomic mass is 16.5. The molecule has 1 saturated heterocycles. The zero-order chi connectivity index (χ0) is 20.1. The molecule has 1 aliphatic heterocycles. The number of methoxy groups -OCH3 is 1. The van der Waals surface area contributed by atoms with Crippen molar-refractivity contribution in [3.05, 3.63) is 102 Å². The molecular weight excluding hydrogens is 358 g/mol. The topological polar surface area (TPSA) is 32.7 Å². The van der Waals surface area contributed by atoms with Crippen LogP contribution in [0, 0.1) is 5.92 Å². The first-order chi connectivity index (χ1) is 14.3. The van der Waals surface area contributed by atoms with Crippen LogP contribution in [0.4, 0.5) is 0 Å². The summed E-state index contributed by atoms with van der Waals surface area (Å²) < 4.78 is 5.23. The fourth-order valence-electron chi connectivity index (χ4n) is 4.45. The fourth-order valence-corrected chi connectivity index (χ4v) is 4.45. The van der Waals surface area contributed by atoms with Gasteiger partial charge in [0.25, 0.3) is 0 Å². The second-order valence-corrected chi connectivity index (χ2v) is 7.82. The predicted molar refractivity (Wildman–Crippen MR) is 117 cm³/mol. The molecule has 4 rings (SSSR count). The van der Waals surface area contributed by atoms with E-state index in [1.54, 1.807) is 7.11 Å². The maximum absolute atomic E-state index is 10.9. The smallest absolute Gasteiger partial charge is 0.118 e. The Kier molecular flexibility index (Phi) is 6.28. The van der Waals surface area contributed by atoms with E-state index in [0.717, 1.165) is 37.2 Å². The SMILES string of the molecule is COc1ccc(C(O)C2CCN(C(c3ccccc3)c3ccccc3)CC2)cc1. The van der Waals surface area contributed by atoms with Crippen molar-refractivity contribution in [1.82, 2.24) is 4.90 Å². The Balaban J connectivity index is 1.48. The average molecular weight is 388 g/mol. The fraction of sp³-hybridized carbons (Fsp3) is 0.308. The van der Waals surface area contributed by atoms with Gasteiger partial charge in [-0.25, -0.2) is 0 Å². The number of aliphatic hydroxyl groups excluding tert-OH is 1. The van der Waals surface area contributed by atoms with Crippen LogP contribution >= 0.6 is 0 Å². The number of hydrogen-bond donors (Lipinski definition) is 1. The van der Waals surface area contributed by atoms with Gasteiger partial charge in [0.1, 0.15) is 5.75 Å². The largest absolute Gasteiger partial charge is 0.497 e. The molecule has 0 aliphatic carbocycles. The number of nitrogens with zero attached hydrogens (tertiary/aromatic N) is 1. The highest BCUT2D eigenvalue weighted by Gasteiger charge is 2.30. The van der Waals surface area contributed by atoms with Crippen molar-refractivity contribution in [3.8, 4) is 5.75 Å². The van der Waals surface area contributed by atoms with Gasteiger partial charge >= 0.3 is 0 Å². The first-order valence-corrected chi connectivity index (χ1v) is 10.4. The van der Waals surface area contributed by atoms with Crippen LogP contribution in [0.1, 0.15) is 41.7 Å². The second-order valence-electron chi connectivity index (χ2n) is 7.82. The lowest BCUT2D eigenvalue weighted by atomic mass is 9.85. The van der Waals surface area contributed by atoms with E-state index >= 15 is 0 Å². The summed E-state index contributed by atoms with van der Waals surface area (Å²) in [4.78, 5) is 2.56. The van der Waals surface area contributed by atoms with E-state index in [1.807, 2.05) is 24.3 Å². The molecule has 0 radical (unpaired) electrons. The van der Waals surface area contributed by atoms with E-state index in [1.165, 1.54) is 11.1 Å². The van der Waals surface area contributed by atoms with Crippen molar-refractivity contribution in [1.29, 1.82) is 0 Å². The average Bonchev–Trinajstić information content (AvgIpc) is 2.81. The number of ether oxygens (including phenoxy) is 1. The molecule has 1 atom stereocenters. The molecule has 0 amide bonds. The Bertz CT molecular complexity index is 832. The number of rotatable bonds is 6. The summed E-state index contributed by atoms with van der Waals surface area (Å²) in [5.41, 5.74) is 3.63. The molecule has 3 nitrogen and oxygen atoms in total. The predicted octanol–water partition coefficient (Wildman–Crippen LogP) is 5.23. The van der Waals surface area contributed by atoms with E-state index in [0.29, 0.717) is 0 Å². The van der Waals surface area contributed by atoms with E-state index in [9.17, 15) is 5.11 Å². The third kappa shape index (κ3) is 4.52. The Morgan fingerprint density at radius 1 is 0.759 bits per heavy atom. The van der Waals surface area contributed by atoms with Crippen LogP contribution in [0.15, 0.2) is 84.9 Å². The Labute approximate surface area is 173 Å². The second kappa shape index (κ2) is 9.25. The van der Waals surface area contributed by atoms with Crippen molar-refractivity contribution >= 4 is 0 Å². The first kappa shape index (κ1) is 19.7. The first-order valence-electron chi connectivity index (χ1n) is 10.4. The van der Waals surface area contributed by atoms with Gasteiger partial charge in [0.15, 0.2) is 0 Å². The van der Waals surface area contributed by atoms with Gasteiger partial charge in [-0.05, 0) is 60.7 Å². The third-order valence-electron chi connectivity index (χ3n) is 6.07. The quantitative estimate of drug-likeness (QED) is 0.629. The van der Waals surface area contributed by atoms with Crippen LogP contribution in [0.3, 0.4) is 0 Å². The monoisotopic (exact) mass is 387 g/mol. The van der Waals surface area contributed by atoms with Gasteiger partial charge < -0.3 is 9.84 Å².